The number of aliphatic imine (C=N–C) groups is 1. The van der Waals surface area contributed by atoms with Crippen LogP contribution >= 0.6 is 11.6 Å². The van der Waals surface area contributed by atoms with Crippen molar-refractivity contribution in [2.45, 2.75) is 50.0 Å². The Labute approximate surface area is 132 Å². The van der Waals surface area contributed by atoms with Gasteiger partial charge in [0, 0.05) is 30.1 Å². The van der Waals surface area contributed by atoms with Gasteiger partial charge in [-0.25, -0.2) is 0 Å². The van der Waals surface area contributed by atoms with Gasteiger partial charge in [0.25, 0.3) is 0 Å². The van der Waals surface area contributed by atoms with Gasteiger partial charge in [-0.15, -0.1) is 0 Å². The first-order valence-electron chi connectivity index (χ1n) is 7.95. The zero-order valence-electron chi connectivity index (χ0n) is 12.7. The number of benzene rings is 1. The van der Waals surface area contributed by atoms with Crippen LogP contribution in [0.2, 0.25) is 5.02 Å². The van der Waals surface area contributed by atoms with Gasteiger partial charge in [0.1, 0.15) is 0 Å². The van der Waals surface area contributed by atoms with Crippen molar-refractivity contribution < 1.29 is 0 Å². The quantitative estimate of drug-likeness (QED) is 0.660. The third kappa shape index (κ3) is 3.52. The first-order chi connectivity index (χ1) is 10.2. The van der Waals surface area contributed by atoms with E-state index in [1.807, 2.05) is 19.2 Å². The Morgan fingerprint density at radius 2 is 1.90 bits per heavy atom. The maximum Gasteiger partial charge on any atom is 0.191 e. The molecule has 2 N–H and O–H groups in total. The second-order valence-electron chi connectivity index (χ2n) is 6.34. The van der Waals surface area contributed by atoms with Crippen LogP contribution in [0.3, 0.4) is 0 Å². The van der Waals surface area contributed by atoms with Gasteiger partial charge < -0.3 is 10.6 Å². The average molecular weight is 306 g/mol. The number of nitrogens with one attached hydrogen (secondary N) is 2. The topological polar surface area (TPSA) is 36.4 Å². The highest BCUT2D eigenvalue weighted by molar-refractivity contribution is 6.30. The first-order valence-corrected chi connectivity index (χ1v) is 8.33. The van der Waals surface area contributed by atoms with Crippen molar-refractivity contribution in [3.05, 3.63) is 34.9 Å². The van der Waals surface area contributed by atoms with Crippen molar-refractivity contribution in [2.75, 3.05) is 13.6 Å². The molecule has 0 heterocycles. The van der Waals surface area contributed by atoms with E-state index in [0.29, 0.717) is 6.04 Å². The van der Waals surface area contributed by atoms with E-state index in [0.717, 1.165) is 17.5 Å². The van der Waals surface area contributed by atoms with E-state index in [1.54, 1.807) is 0 Å². The molecular formula is C17H24ClN3. The summed E-state index contributed by atoms with van der Waals surface area (Å²) in [6, 6.07) is 8.89. The molecule has 2 saturated carbocycles. The largest absolute Gasteiger partial charge is 0.356 e. The molecule has 114 valence electrons. The number of hydrogen-bond donors (Lipinski definition) is 2. The number of nitrogens with zero attached hydrogens (tertiary/aromatic N) is 1. The molecule has 0 atom stereocenters. The Kier molecular flexibility index (Phi) is 4.39. The van der Waals surface area contributed by atoms with Crippen molar-refractivity contribution in [1.29, 1.82) is 0 Å². The normalized spacial score (nSPS) is 21.3. The van der Waals surface area contributed by atoms with Crippen LogP contribution in [-0.4, -0.2) is 25.6 Å². The van der Waals surface area contributed by atoms with E-state index in [2.05, 4.69) is 27.8 Å². The lowest BCUT2D eigenvalue weighted by Crippen LogP contribution is -2.44. The van der Waals surface area contributed by atoms with Crippen LogP contribution in [0, 0.1) is 0 Å². The molecule has 3 rings (SSSR count). The molecule has 0 bridgehead atoms. The molecule has 4 heteroatoms. The van der Waals surface area contributed by atoms with Gasteiger partial charge in [-0.3, -0.25) is 4.99 Å². The van der Waals surface area contributed by atoms with E-state index in [-0.39, 0.29) is 5.41 Å². The Balaban J connectivity index is 1.57. The van der Waals surface area contributed by atoms with Gasteiger partial charge in [-0.1, -0.05) is 36.6 Å². The first kappa shape index (κ1) is 14.7. The third-order valence-electron chi connectivity index (χ3n) is 4.82. The van der Waals surface area contributed by atoms with Crippen LogP contribution in [0.1, 0.15) is 44.1 Å². The fourth-order valence-electron chi connectivity index (χ4n) is 3.23. The van der Waals surface area contributed by atoms with Crippen molar-refractivity contribution in [3.8, 4) is 0 Å². The number of hydrogen-bond acceptors (Lipinski definition) is 1. The van der Waals surface area contributed by atoms with Gasteiger partial charge >= 0.3 is 0 Å². The Morgan fingerprint density at radius 3 is 2.48 bits per heavy atom. The van der Waals surface area contributed by atoms with Crippen LogP contribution in [0.15, 0.2) is 29.3 Å². The second kappa shape index (κ2) is 6.27. The maximum atomic E-state index is 5.98. The number of rotatable bonds is 4. The second-order valence-corrected chi connectivity index (χ2v) is 6.78. The lowest BCUT2D eigenvalue weighted by molar-refractivity contribution is 0.594. The fraction of sp³-hybridized carbons (Fsp3) is 0.588. The summed E-state index contributed by atoms with van der Waals surface area (Å²) >= 11 is 5.98. The zero-order valence-corrected chi connectivity index (χ0v) is 13.4. The molecular weight excluding hydrogens is 282 g/mol. The molecule has 2 aliphatic rings. The van der Waals surface area contributed by atoms with Gasteiger partial charge in [0.05, 0.1) is 0 Å². The smallest absolute Gasteiger partial charge is 0.191 e. The molecule has 0 aromatic heterocycles. The highest BCUT2D eigenvalue weighted by Crippen LogP contribution is 2.47. The van der Waals surface area contributed by atoms with Gasteiger partial charge in [0.2, 0.25) is 0 Å². The molecule has 0 spiro atoms. The zero-order chi connectivity index (χ0) is 14.7. The molecule has 21 heavy (non-hydrogen) atoms. The third-order valence-corrected chi connectivity index (χ3v) is 5.08. The van der Waals surface area contributed by atoms with Crippen molar-refractivity contribution in [2.24, 2.45) is 4.99 Å². The van der Waals surface area contributed by atoms with Crippen molar-refractivity contribution in [1.82, 2.24) is 10.6 Å². The molecule has 2 fully saturated rings. The molecule has 1 aromatic carbocycles. The summed E-state index contributed by atoms with van der Waals surface area (Å²) in [7, 11) is 1.85. The summed E-state index contributed by atoms with van der Waals surface area (Å²) < 4.78 is 0. The Bertz CT molecular complexity index is 499. The molecule has 3 nitrogen and oxygen atoms in total. The van der Waals surface area contributed by atoms with Crippen LogP contribution in [0.25, 0.3) is 0 Å². The van der Waals surface area contributed by atoms with Gasteiger partial charge in [-0.2, -0.15) is 0 Å². The highest BCUT2D eigenvalue weighted by Gasteiger charge is 2.44. The summed E-state index contributed by atoms with van der Waals surface area (Å²) in [5.74, 6) is 0.946. The van der Waals surface area contributed by atoms with E-state index >= 15 is 0 Å². The minimum atomic E-state index is 0.276. The van der Waals surface area contributed by atoms with Crippen molar-refractivity contribution in [3.63, 3.8) is 0 Å². The lowest BCUT2D eigenvalue weighted by atomic mass is 9.96. The Morgan fingerprint density at radius 1 is 1.24 bits per heavy atom. The molecule has 1 aromatic rings. The minimum absolute atomic E-state index is 0.276. The van der Waals surface area contributed by atoms with Gasteiger partial charge in [-0.05, 0) is 43.4 Å². The van der Waals surface area contributed by atoms with Gasteiger partial charge in [0.15, 0.2) is 5.96 Å². The van der Waals surface area contributed by atoms with Crippen LogP contribution in [-0.2, 0) is 5.41 Å². The van der Waals surface area contributed by atoms with E-state index in [9.17, 15) is 0 Å². The summed E-state index contributed by atoms with van der Waals surface area (Å²) in [6.45, 7) is 0.945. The summed E-state index contributed by atoms with van der Waals surface area (Å²) in [5, 5.41) is 7.87. The maximum absolute atomic E-state index is 5.98. The fourth-order valence-corrected chi connectivity index (χ4v) is 3.36. The molecule has 0 radical (unpaired) electrons. The Hall–Kier alpha value is -1.22. The minimum Gasteiger partial charge on any atom is -0.356 e. The summed E-state index contributed by atoms with van der Waals surface area (Å²) in [6.07, 6.45) is 7.68. The standard InChI is InChI=1S/C17H24ClN3/c1-19-16(21-15-4-2-3-5-15)20-12-17(10-11-17)13-6-8-14(18)9-7-13/h6-9,15H,2-5,10-12H2,1H3,(H2,19,20,21). The molecule has 0 amide bonds. The van der Waals surface area contributed by atoms with Crippen molar-refractivity contribution >= 4 is 17.6 Å². The molecule has 0 unspecified atom stereocenters. The van der Waals surface area contributed by atoms with Crippen LogP contribution in [0.5, 0.6) is 0 Å². The molecule has 2 aliphatic carbocycles. The van der Waals surface area contributed by atoms with E-state index in [4.69, 9.17) is 11.6 Å². The molecule has 0 aliphatic heterocycles. The summed E-state index contributed by atoms with van der Waals surface area (Å²) in [4.78, 5) is 4.36. The summed E-state index contributed by atoms with van der Waals surface area (Å²) in [5.41, 5.74) is 1.66. The number of guanidine groups is 1. The number of halogens is 1. The predicted octanol–water partition coefficient (Wildman–Crippen LogP) is 3.48. The molecule has 0 saturated heterocycles. The highest BCUT2D eigenvalue weighted by atomic mass is 35.5. The van der Waals surface area contributed by atoms with E-state index in [1.165, 1.54) is 44.1 Å². The van der Waals surface area contributed by atoms with Crippen LogP contribution < -0.4 is 10.6 Å². The average Bonchev–Trinajstić information content (AvgIpc) is 3.12. The monoisotopic (exact) mass is 305 g/mol. The van der Waals surface area contributed by atoms with Crippen LogP contribution in [0.4, 0.5) is 0 Å². The predicted molar refractivity (Wildman–Crippen MR) is 89.1 cm³/mol. The SMILES string of the molecule is CN=C(NCC1(c2ccc(Cl)cc2)CC1)NC1CCCC1. The lowest BCUT2D eigenvalue weighted by Gasteiger charge is -2.21. The van der Waals surface area contributed by atoms with E-state index < -0.39 is 0 Å².